The van der Waals surface area contributed by atoms with Crippen LogP contribution in [0.2, 0.25) is 0 Å². The van der Waals surface area contributed by atoms with E-state index in [0.717, 1.165) is 32.1 Å². The van der Waals surface area contributed by atoms with Gasteiger partial charge in [0.05, 0.1) is 5.41 Å². The Bertz CT molecular complexity index is 226. The van der Waals surface area contributed by atoms with Gasteiger partial charge in [-0.05, 0) is 32.6 Å². The van der Waals surface area contributed by atoms with Crippen LogP contribution in [0.25, 0.3) is 0 Å². The van der Waals surface area contributed by atoms with Gasteiger partial charge in [-0.15, -0.1) is 0 Å². The van der Waals surface area contributed by atoms with Gasteiger partial charge in [-0.25, -0.2) is 0 Å². The van der Waals surface area contributed by atoms with Crippen molar-refractivity contribution in [1.82, 2.24) is 5.32 Å². The average Bonchev–Trinajstić information content (AvgIpc) is 2.57. The summed E-state index contributed by atoms with van der Waals surface area (Å²) in [7, 11) is 0. The van der Waals surface area contributed by atoms with Crippen LogP contribution in [0.4, 0.5) is 0 Å². The van der Waals surface area contributed by atoms with Crippen LogP contribution in [0.3, 0.4) is 0 Å². The van der Waals surface area contributed by atoms with E-state index >= 15 is 0 Å². The highest BCUT2D eigenvalue weighted by Crippen LogP contribution is 2.36. The lowest BCUT2D eigenvalue weighted by atomic mass is 9.84. The van der Waals surface area contributed by atoms with Crippen LogP contribution < -0.4 is 11.1 Å². The molecule has 15 heavy (non-hydrogen) atoms. The van der Waals surface area contributed by atoms with Crippen LogP contribution in [0, 0.1) is 5.41 Å². The molecule has 0 saturated heterocycles. The molecule has 1 aliphatic carbocycles. The van der Waals surface area contributed by atoms with Crippen molar-refractivity contribution in [1.29, 1.82) is 0 Å². The minimum absolute atomic E-state index is 0.0341. The summed E-state index contributed by atoms with van der Waals surface area (Å²) in [5, 5.41) is 3.11. The molecule has 1 saturated carbocycles. The molecule has 2 unspecified atom stereocenters. The molecular weight excluding hydrogens is 188 g/mol. The molecule has 1 fully saturated rings. The number of carbonyl (C=O) groups is 1. The SMILES string of the molecule is CCC(CC)NC(=O)C1(C)CCCC1N. The van der Waals surface area contributed by atoms with E-state index in [1.165, 1.54) is 0 Å². The Balaban J connectivity index is 2.59. The van der Waals surface area contributed by atoms with Crippen molar-refractivity contribution < 1.29 is 4.79 Å². The molecule has 3 N–H and O–H groups in total. The highest BCUT2D eigenvalue weighted by atomic mass is 16.2. The second-order valence-electron chi connectivity index (χ2n) is 4.90. The Labute approximate surface area is 92.8 Å². The monoisotopic (exact) mass is 212 g/mol. The normalized spacial score (nSPS) is 30.9. The molecule has 2 atom stereocenters. The Morgan fingerprint density at radius 1 is 1.53 bits per heavy atom. The topological polar surface area (TPSA) is 55.1 Å². The summed E-state index contributed by atoms with van der Waals surface area (Å²) in [5.74, 6) is 0.154. The molecule has 1 aliphatic rings. The molecule has 0 radical (unpaired) electrons. The highest BCUT2D eigenvalue weighted by molar-refractivity contribution is 5.83. The van der Waals surface area contributed by atoms with Crippen LogP contribution >= 0.6 is 0 Å². The molecule has 0 aromatic carbocycles. The molecule has 0 spiro atoms. The third-order valence-electron chi connectivity index (χ3n) is 3.87. The van der Waals surface area contributed by atoms with Crippen LogP contribution in [0.5, 0.6) is 0 Å². The third kappa shape index (κ3) is 2.51. The van der Waals surface area contributed by atoms with E-state index in [1.807, 2.05) is 6.92 Å². The second-order valence-corrected chi connectivity index (χ2v) is 4.90. The van der Waals surface area contributed by atoms with Crippen molar-refractivity contribution in [3.05, 3.63) is 0 Å². The summed E-state index contributed by atoms with van der Waals surface area (Å²) < 4.78 is 0. The van der Waals surface area contributed by atoms with E-state index in [1.54, 1.807) is 0 Å². The molecule has 0 aromatic heterocycles. The lowest BCUT2D eigenvalue weighted by molar-refractivity contribution is -0.131. The first-order valence-corrected chi connectivity index (χ1v) is 6.11. The van der Waals surface area contributed by atoms with Gasteiger partial charge in [-0.3, -0.25) is 4.79 Å². The van der Waals surface area contributed by atoms with E-state index in [-0.39, 0.29) is 17.4 Å². The quantitative estimate of drug-likeness (QED) is 0.746. The fourth-order valence-corrected chi connectivity index (χ4v) is 2.32. The van der Waals surface area contributed by atoms with Crippen LogP contribution in [0.1, 0.15) is 52.9 Å². The highest BCUT2D eigenvalue weighted by Gasteiger charge is 2.43. The Hall–Kier alpha value is -0.570. The van der Waals surface area contributed by atoms with Crippen molar-refractivity contribution in [2.24, 2.45) is 11.1 Å². The fourth-order valence-electron chi connectivity index (χ4n) is 2.32. The van der Waals surface area contributed by atoms with Gasteiger partial charge in [0.2, 0.25) is 5.91 Å². The smallest absolute Gasteiger partial charge is 0.227 e. The Morgan fingerprint density at radius 2 is 2.13 bits per heavy atom. The molecule has 1 amide bonds. The summed E-state index contributed by atoms with van der Waals surface area (Å²) in [6, 6.07) is 0.342. The zero-order chi connectivity index (χ0) is 11.5. The summed E-state index contributed by atoms with van der Waals surface area (Å²) in [6.07, 6.45) is 4.97. The second kappa shape index (κ2) is 4.97. The molecular formula is C12H24N2O. The maximum atomic E-state index is 12.1. The molecule has 0 bridgehead atoms. The van der Waals surface area contributed by atoms with Crippen molar-refractivity contribution in [2.75, 3.05) is 0 Å². The van der Waals surface area contributed by atoms with Gasteiger partial charge >= 0.3 is 0 Å². The summed E-state index contributed by atoms with van der Waals surface area (Å²) in [6.45, 7) is 6.21. The van der Waals surface area contributed by atoms with Crippen LogP contribution in [-0.2, 0) is 4.79 Å². The number of carbonyl (C=O) groups excluding carboxylic acids is 1. The minimum atomic E-state index is -0.331. The van der Waals surface area contributed by atoms with Gasteiger partial charge in [-0.2, -0.15) is 0 Å². The first-order valence-electron chi connectivity index (χ1n) is 6.11. The van der Waals surface area contributed by atoms with Crippen molar-refractivity contribution >= 4 is 5.91 Å². The minimum Gasteiger partial charge on any atom is -0.353 e. The van der Waals surface area contributed by atoms with Gasteiger partial charge in [0.25, 0.3) is 0 Å². The first kappa shape index (κ1) is 12.5. The number of nitrogens with one attached hydrogen (secondary N) is 1. The number of nitrogens with two attached hydrogens (primary N) is 1. The standard InChI is InChI=1S/C12H24N2O/c1-4-9(5-2)14-11(15)12(3)8-6-7-10(12)13/h9-10H,4-8,13H2,1-3H3,(H,14,15). The lowest BCUT2D eigenvalue weighted by Gasteiger charge is -2.29. The van der Waals surface area contributed by atoms with Crippen LogP contribution in [-0.4, -0.2) is 18.0 Å². The molecule has 3 heteroatoms. The van der Waals surface area contributed by atoms with Gasteiger partial charge in [0.15, 0.2) is 0 Å². The van der Waals surface area contributed by atoms with Crippen molar-refractivity contribution in [3.8, 4) is 0 Å². The first-order chi connectivity index (χ1) is 7.04. The van der Waals surface area contributed by atoms with Gasteiger partial charge in [-0.1, -0.05) is 20.3 Å². The molecule has 0 aromatic rings. The number of rotatable bonds is 4. The van der Waals surface area contributed by atoms with Crippen molar-refractivity contribution in [3.63, 3.8) is 0 Å². The summed E-state index contributed by atoms with van der Waals surface area (Å²) in [5.41, 5.74) is 5.68. The van der Waals surface area contributed by atoms with E-state index < -0.39 is 0 Å². The maximum absolute atomic E-state index is 12.1. The summed E-state index contributed by atoms with van der Waals surface area (Å²) in [4.78, 5) is 12.1. The van der Waals surface area contributed by atoms with Crippen LogP contribution in [0.15, 0.2) is 0 Å². The number of hydrogen-bond acceptors (Lipinski definition) is 2. The molecule has 1 rings (SSSR count). The van der Waals surface area contributed by atoms with E-state index in [9.17, 15) is 4.79 Å². The number of amides is 1. The zero-order valence-corrected chi connectivity index (χ0v) is 10.2. The van der Waals surface area contributed by atoms with E-state index in [0.29, 0.717) is 6.04 Å². The number of hydrogen-bond donors (Lipinski definition) is 2. The Kier molecular flexibility index (Phi) is 4.14. The largest absolute Gasteiger partial charge is 0.353 e. The third-order valence-corrected chi connectivity index (χ3v) is 3.87. The molecule has 88 valence electrons. The molecule has 3 nitrogen and oxygen atoms in total. The molecule has 0 aliphatic heterocycles. The lowest BCUT2D eigenvalue weighted by Crippen LogP contribution is -2.50. The maximum Gasteiger partial charge on any atom is 0.227 e. The summed E-state index contributed by atoms with van der Waals surface area (Å²) >= 11 is 0. The molecule has 0 heterocycles. The zero-order valence-electron chi connectivity index (χ0n) is 10.2. The van der Waals surface area contributed by atoms with E-state index in [2.05, 4.69) is 19.2 Å². The van der Waals surface area contributed by atoms with Crippen molar-refractivity contribution in [2.45, 2.75) is 65.0 Å². The average molecular weight is 212 g/mol. The van der Waals surface area contributed by atoms with Gasteiger partial charge in [0, 0.05) is 12.1 Å². The fraction of sp³-hybridized carbons (Fsp3) is 0.917. The van der Waals surface area contributed by atoms with Gasteiger partial charge in [0.1, 0.15) is 0 Å². The van der Waals surface area contributed by atoms with Gasteiger partial charge < -0.3 is 11.1 Å². The van der Waals surface area contributed by atoms with E-state index in [4.69, 9.17) is 5.73 Å². The predicted octanol–water partition coefficient (Wildman–Crippen LogP) is 1.81. The Morgan fingerprint density at radius 3 is 2.53 bits per heavy atom. The predicted molar refractivity (Wildman–Crippen MR) is 62.4 cm³/mol.